The lowest BCUT2D eigenvalue weighted by Crippen LogP contribution is -2.70. The molecule has 4 N–H and O–H groups in total. The Kier molecular flexibility index (Phi) is 9.28. The second-order valence-electron chi connectivity index (χ2n) is 6.86. The summed E-state index contributed by atoms with van der Waals surface area (Å²) >= 11 is 0. The zero-order chi connectivity index (χ0) is 24.2. The summed E-state index contributed by atoms with van der Waals surface area (Å²) in [4.78, 5) is 24.1. The fourth-order valence-corrected chi connectivity index (χ4v) is 2.83. The maximum Gasteiger partial charge on any atom is 0.487 e. The Morgan fingerprint density at radius 3 is 1.24 bits per heavy atom. The number of hydrogen-bond acceptors (Lipinski definition) is 4. The van der Waals surface area contributed by atoms with E-state index in [2.05, 4.69) is 0 Å². The third kappa shape index (κ3) is 6.83. The van der Waals surface area contributed by atoms with Crippen molar-refractivity contribution in [1.29, 1.82) is 0 Å². The molecule has 0 aliphatic rings. The van der Waals surface area contributed by atoms with Crippen LogP contribution in [0.1, 0.15) is 11.1 Å². The summed E-state index contributed by atoms with van der Waals surface area (Å²) in [6.07, 6.45) is -10.7. The third-order valence-corrected chi connectivity index (χ3v) is 4.55. The van der Waals surface area contributed by atoms with Crippen molar-refractivity contribution in [3.05, 3.63) is 71.8 Å². The minimum absolute atomic E-state index is 0. The van der Waals surface area contributed by atoms with Crippen LogP contribution in [0.5, 0.6) is 0 Å². The quantitative estimate of drug-likeness (QED) is 0.348. The summed E-state index contributed by atoms with van der Waals surface area (Å²) in [7, 11) is 0. The van der Waals surface area contributed by atoms with Crippen LogP contribution < -0.4 is 11.5 Å². The Balaban J connectivity index is 0.00000544. The van der Waals surface area contributed by atoms with Crippen LogP contribution in [0.2, 0.25) is 0 Å². The Morgan fingerprint density at radius 2 is 1.00 bits per heavy atom. The van der Waals surface area contributed by atoms with Crippen LogP contribution in [0.15, 0.2) is 60.7 Å². The normalized spacial score (nSPS) is 12.0. The summed E-state index contributed by atoms with van der Waals surface area (Å²) in [6, 6.07) is 13.7. The highest BCUT2D eigenvalue weighted by molar-refractivity contribution is 6.10. The molecule has 182 valence electrons. The topological polar surface area (TPSA) is 92.7 Å². The first-order valence-electron chi connectivity index (χ1n) is 9.15. The average Bonchev–Trinajstić information content (AvgIpc) is 2.74. The predicted octanol–water partition coefficient (Wildman–Crippen LogP) is 3.16. The van der Waals surface area contributed by atoms with Gasteiger partial charge < -0.3 is 11.5 Å². The molecule has 13 heteroatoms. The van der Waals surface area contributed by atoms with Crippen molar-refractivity contribution in [2.45, 2.75) is 31.2 Å². The molecule has 0 atom stereocenters. The molecule has 2 rings (SSSR count). The second-order valence-corrected chi connectivity index (χ2v) is 6.86. The molecule has 0 bridgehead atoms. The standard InChI is InChI=1S/C20H20F6N4O2.ClH/c21-19(22,23)29(11-14-7-3-1-4-8-14)16(31)18(28,13-27)17(32)30(20(24,25)26)12-15-9-5-2-6-10-15;/h1-10H,11-13,27-28H2;1H. The molecule has 0 saturated carbocycles. The summed E-state index contributed by atoms with van der Waals surface area (Å²) in [5.41, 5.74) is 7.60. The minimum atomic E-state index is -5.34. The van der Waals surface area contributed by atoms with Crippen molar-refractivity contribution in [1.82, 2.24) is 9.80 Å². The number of carbonyl (C=O) groups excluding carboxylic acids is 2. The van der Waals surface area contributed by atoms with Gasteiger partial charge in [-0.3, -0.25) is 9.59 Å². The van der Waals surface area contributed by atoms with Gasteiger partial charge in [0.2, 0.25) is 0 Å². The first kappa shape index (κ1) is 28.2. The molecule has 0 unspecified atom stereocenters. The van der Waals surface area contributed by atoms with Gasteiger partial charge in [-0.1, -0.05) is 60.7 Å². The Hall–Kier alpha value is -2.83. The number of carbonyl (C=O) groups is 2. The van der Waals surface area contributed by atoms with Gasteiger partial charge >= 0.3 is 12.6 Å². The van der Waals surface area contributed by atoms with Crippen molar-refractivity contribution in [2.75, 3.05) is 6.54 Å². The summed E-state index contributed by atoms with van der Waals surface area (Å²) in [5, 5.41) is 0. The van der Waals surface area contributed by atoms with E-state index in [-0.39, 0.29) is 23.5 Å². The monoisotopic (exact) mass is 498 g/mol. The van der Waals surface area contributed by atoms with E-state index in [1.165, 1.54) is 60.7 Å². The zero-order valence-electron chi connectivity index (χ0n) is 16.9. The number of alkyl halides is 6. The van der Waals surface area contributed by atoms with Crippen molar-refractivity contribution < 1.29 is 35.9 Å². The van der Waals surface area contributed by atoms with Crippen LogP contribution >= 0.6 is 12.4 Å². The first-order valence-corrected chi connectivity index (χ1v) is 9.15. The summed E-state index contributed by atoms with van der Waals surface area (Å²) < 4.78 is 81.8. The molecule has 0 aromatic heterocycles. The summed E-state index contributed by atoms with van der Waals surface area (Å²) in [5.74, 6) is -4.19. The fourth-order valence-electron chi connectivity index (χ4n) is 2.83. The lowest BCUT2D eigenvalue weighted by Gasteiger charge is -2.37. The van der Waals surface area contributed by atoms with E-state index in [0.717, 1.165) is 0 Å². The average molecular weight is 499 g/mol. The van der Waals surface area contributed by atoms with E-state index in [1.54, 1.807) is 0 Å². The molecule has 0 heterocycles. The van der Waals surface area contributed by atoms with Gasteiger partial charge in [0.15, 0.2) is 5.54 Å². The van der Waals surface area contributed by atoms with E-state index < -0.39 is 59.4 Å². The molecule has 6 nitrogen and oxygen atoms in total. The smallest absolute Gasteiger partial charge is 0.328 e. The van der Waals surface area contributed by atoms with Crippen LogP contribution in [0.3, 0.4) is 0 Å². The van der Waals surface area contributed by atoms with E-state index >= 15 is 0 Å². The highest BCUT2D eigenvalue weighted by atomic mass is 35.5. The Morgan fingerprint density at radius 1 is 0.697 bits per heavy atom. The lowest BCUT2D eigenvalue weighted by molar-refractivity contribution is -0.253. The second kappa shape index (κ2) is 10.9. The van der Waals surface area contributed by atoms with E-state index in [9.17, 15) is 35.9 Å². The molecule has 33 heavy (non-hydrogen) atoms. The highest BCUT2D eigenvalue weighted by Crippen LogP contribution is 2.30. The molecular weight excluding hydrogens is 478 g/mol. The van der Waals surface area contributed by atoms with Crippen LogP contribution in [-0.4, -0.2) is 46.3 Å². The number of nitrogens with two attached hydrogens (primary N) is 2. The van der Waals surface area contributed by atoms with Crippen molar-refractivity contribution in [3.63, 3.8) is 0 Å². The highest BCUT2D eigenvalue weighted by Gasteiger charge is 2.56. The molecule has 2 aromatic rings. The van der Waals surface area contributed by atoms with Crippen LogP contribution in [-0.2, 0) is 22.7 Å². The summed E-state index contributed by atoms with van der Waals surface area (Å²) in [6.45, 7) is -3.42. The molecule has 0 aliphatic heterocycles. The lowest BCUT2D eigenvalue weighted by atomic mass is 9.96. The molecule has 2 amide bonds. The number of rotatable bonds is 7. The largest absolute Gasteiger partial charge is 0.487 e. The Bertz CT molecular complexity index is 854. The van der Waals surface area contributed by atoms with Gasteiger partial charge in [-0.2, -0.15) is 0 Å². The molecule has 2 aromatic carbocycles. The maximum absolute atomic E-state index is 13.6. The zero-order valence-corrected chi connectivity index (χ0v) is 17.8. The van der Waals surface area contributed by atoms with E-state index in [1.807, 2.05) is 0 Å². The van der Waals surface area contributed by atoms with E-state index in [4.69, 9.17) is 11.5 Å². The number of amides is 2. The van der Waals surface area contributed by atoms with Gasteiger partial charge in [0.25, 0.3) is 11.8 Å². The molecule has 0 aliphatic carbocycles. The van der Waals surface area contributed by atoms with Crippen LogP contribution in [0.4, 0.5) is 26.3 Å². The number of nitrogens with zero attached hydrogens (tertiary/aromatic N) is 2. The van der Waals surface area contributed by atoms with Gasteiger partial charge in [0.1, 0.15) is 0 Å². The van der Waals surface area contributed by atoms with Crippen molar-refractivity contribution in [3.8, 4) is 0 Å². The molecule has 0 fully saturated rings. The van der Waals surface area contributed by atoms with E-state index in [0.29, 0.717) is 0 Å². The van der Waals surface area contributed by atoms with Gasteiger partial charge in [0, 0.05) is 6.54 Å². The number of hydrogen-bond donors (Lipinski definition) is 2. The van der Waals surface area contributed by atoms with Gasteiger partial charge in [0.05, 0.1) is 13.1 Å². The molecular formula is C20H21ClF6N4O2. The predicted molar refractivity (Wildman–Crippen MR) is 109 cm³/mol. The van der Waals surface area contributed by atoms with Crippen LogP contribution in [0.25, 0.3) is 0 Å². The number of benzene rings is 2. The maximum atomic E-state index is 13.6. The molecule has 0 saturated heterocycles. The van der Waals surface area contributed by atoms with Crippen molar-refractivity contribution >= 4 is 24.2 Å². The van der Waals surface area contributed by atoms with Gasteiger partial charge in [-0.25, -0.2) is 9.80 Å². The third-order valence-electron chi connectivity index (χ3n) is 4.55. The fraction of sp³-hybridized carbons (Fsp3) is 0.300. The first-order chi connectivity index (χ1) is 14.8. The number of halogens is 7. The van der Waals surface area contributed by atoms with Gasteiger partial charge in [-0.15, -0.1) is 38.7 Å². The molecule has 0 radical (unpaired) electrons. The SMILES string of the molecule is Cl.NCC(N)(C(=O)N(Cc1ccccc1)C(F)(F)F)C(=O)N(Cc1ccccc1)C(F)(F)F. The van der Waals surface area contributed by atoms with Crippen LogP contribution in [0, 0.1) is 0 Å². The molecule has 0 spiro atoms. The van der Waals surface area contributed by atoms with Gasteiger partial charge in [-0.05, 0) is 11.1 Å². The minimum Gasteiger partial charge on any atom is -0.328 e. The Labute approximate surface area is 191 Å². The van der Waals surface area contributed by atoms with Crippen molar-refractivity contribution in [2.24, 2.45) is 11.5 Å².